The lowest BCUT2D eigenvalue weighted by Gasteiger charge is -2.31. The van der Waals surface area contributed by atoms with Crippen LogP contribution in [0.3, 0.4) is 0 Å². The number of methoxy groups -OCH3 is 2. The molecule has 0 aromatic heterocycles. The van der Waals surface area contributed by atoms with Crippen LogP contribution in [0, 0.1) is 3.57 Å². The van der Waals surface area contributed by atoms with Crippen molar-refractivity contribution in [3.05, 3.63) is 173 Å². The molecule has 0 amide bonds. The molecule has 1 fully saturated rings. The monoisotopic (exact) mass is 738 g/mol. The first-order chi connectivity index (χ1) is 22.5. The lowest BCUT2D eigenvalue weighted by Crippen LogP contribution is -2.48. The summed E-state index contributed by atoms with van der Waals surface area (Å²) in [5.74, 6) is 1.70. The van der Waals surface area contributed by atoms with Gasteiger partial charge in [0.1, 0.15) is 11.5 Å². The maximum Gasteiger partial charge on any atom is 0.277 e. The zero-order chi connectivity index (χ0) is 32.5. The van der Waals surface area contributed by atoms with Gasteiger partial charge in [-0.15, -0.1) is 0 Å². The molecule has 1 saturated heterocycles. The Morgan fingerprint density at radius 3 is 1.07 bits per heavy atom. The second kappa shape index (κ2) is 18.7. The zero-order valence-corrected chi connectivity index (χ0v) is 29.5. The van der Waals surface area contributed by atoms with Crippen LogP contribution in [0.1, 0.15) is 6.42 Å². The predicted molar refractivity (Wildman–Crippen MR) is 203 cm³/mol. The van der Waals surface area contributed by atoms with Gasteiger partial charge < -0.3 is 13.6 Å². The summed E-state index contributed by atoms with van der Waals surface area (Å²) in [6.45, 7) is 0. The minimum absolute atomic E-state index is 0.805. The molecule has 0 atom stereocenters. The smallest absolute Gasteiger partial charge is 0.277 e. The highest BCUT2D eigenvalue weighted by Gasteiger charge is 2.42. The van der Waals surface area contributed by atoms with Gasteiger partial charge in [-0.25, -0.2) is 0 Å². The van der Waals surface area contributed by atoms with Gasteiger partial charge in [0.15, 0.2) is 0 Å². The molecule has 0 aliphatic carbocycles. The first kappa shape index (κ1) is 34.7. The first-order valence-electron chi connectivity index (χ1n) is 15.3. The third-order valence-corrected chi connectivity index (χ3v) is 11.9. The Bertz CT molecular complexity index is 1630. The molecule has 0 bridgehead atoms. The average Bonchev–Trinajstić information content (AvgIpc) is 3.13. The standard InChI is InChI=1S/C13H12O.C12H10.C10H13FOSi.C6H5I/c1-14-13-9-7-12(8-10-13)11-5-3-2-4-6-11;1-3-7-11(8-4-1)12-9-5-2-6-10-12;1-12-9-3-5-10(6-4-9)13(11)7-2-8-13;7-6-4-2-1-3-5-6/h2-10H,1H3;1-10H;3-6H,2,7-8H2,1H3;1-5H. The van der Waals surface area contributed by atoms with Crippen LogP contribution in [-0.2, 0) is 0 Å². The maximum absolute atomic E-state index is 14.0. The molecule has 0 N–H and O–H groups in total. The van der Waals surface area contributed by atoms with E-state index in [9.17, 15) is 4.11 Å². The lowest BCUT2D eigenvalue weighted by molar-refractivity contribution is 0.415. The molecule has 1 aliphatic heterocycles. The molecule has 0 saturated carbocycles. The fourth-order valence-corrected chi connectivity index (χ4v) is 7.49. The Morgan fingerprint density at radius 2 is 0.783 bits per heavy atom. The molecule has 46 heavy (non-hydrogen) atoms. The Kier molecular flexibility index (Phi) is 14.1. The molecule has 234 valence electrons. The lowest BCUT2D eigenvalue weighted by atomic mass is 10.1. The van der Waals surface area contributed by atoms with Crippen molar-refractivity contribution in [2.75, 3.05) is 14.2 Å². The van der Waals surface area contributed by atoms with Gasteiger partial charge in [0.25, 0.3) is 8.41 Å². The van der Waals surface area contributed by atoms with Crippen molar-refractivity contribution in [1.29, 1.82) is 0 Å². The van der Waals surface area contributed by atoms with Crippen molar-refractivity contribution in [3.8, 4) is 33.8 Å². The van der Waals surface area contributed by atoms with E-state index in [1.807, 2.05) is 84.9 Å². The van der Waals surface area contributed by atoms with Gasteiger partial charge >= 0.3 is 0 Å². The number of ether oxygens (including phenoxy) is 2. The third kappa shape index (κ3) is 11.0. The molecule has 6 aromatic carbocycles. The van der Waals surface area contributed by atoms with Crippen molar-refractivity contribution < 1.29 is 13.6 Å². The normalized spacial score (nSPS) is 12.3. The van der Waals surface area contributed by atoms with Crippen molar-refractivity contribution >= 4 is 36.2 Å². The van der Waals surface area contributed by atoms with E-state index >= 15 is 0 Å². The van der Waals surface area contributed by atoms with E-state index in [1.165, 1.54) is 25.8 Å². The summed E-state index contributed by atoms with van der Waals surface area (Å²) < 4.78 is 25.4. The summed E-state index contributed by atoms with van der Waals surface area (Å²) in [7, 11) is 0.840. The van der Waals surface area contributed by atoms with Crippen LogP contribution in [-0.4, -0.2) is 22.6 Å². The van der Waals surface area contributed by atoms with Gasteiger partial charge in [0.05, 0.1) is 14.2 Å². The number of halogens is 2. The quantitative estimate of drug-likeness (QED) is 0.0996. The summed E-state index contributed by atoms with van der Waals surface area (Å²) in [6, 6.07) is 58.4. The second-order valence-electron chi connectivity index (χ2n) is 10.7. The van der Waals surface area contributed by atoms with Crippen molar-refractivity contribution in [3.63, 3.8) is 0 Å². The van der Waals surface area contributed by atoms with E-state index in [0.29, 0.717) is 0 Å². The minimum Gasteiger partial charge on any atom is -0.497 e. The van der Waals surface area contributed by atoms with Crippen molar-refractivity contribution in [1.82, 2.24) is 0 Å². The Balaban J connectivity index is 0.000000143. The van der Waals surface area contributed by atoms with E-state index < -0.39 is 8.41 Å². The highest BCUT2D eigenvalue weighted by molar-refractivity contribution is 14.1. The molecule has 1 aliphatic rings. The second-order valence-corrected chi connectivity index (χ2v) is 15.4. The summed E-state index contributed by atoms with van der Waals surface area (Å²) in [4.78, 5) is 0. The SMILES string of the molecule is COc1ccc(-c2ccccc2)cc1.COc1ccc([Si]2(F)CCC2)cc1.Ic1ccccc1.c1ccc(-c2ccccc2)cc1. The summed E-state index contributed by atoms with van der Waals surface area (Å²) >= 11 is 2.28. The Hall–Kier alpha value is -4.20. The van der Waals surface area contributed by atoms with Crippen LogP contribution in [0.25, 0.3) is 22.3 Å². The van der Waals surface area contributed by atoms with E-state index in [4.69, 9.17) is 9.47 Å². The Morgan fingerprint density at radius 1 is 0.457 bits per heavy atom. The van der Waals surface area contributed by atoms with Crippen LogP contribution >= 0.6 is 22.6 Å². The molecule has 0 spiro atoms. The summed E-state index contributed by atoms with van der Waals surface area (Å²) in [5.41, 5.74) is 5.00. The van der Waals surface area contributed by atoms with E-state index in [-0.39, 0.29) is 0 Å². The molecule has 6 aromatic rings. The molecule has 1 heterocycles. The fourth-order valence-electron chi connectivity index (χ4n) is 4.76. The number of hydrogen-bond acceptors (Lipinski definition) is 2. The summed E-state index contributed by atoms with van der Waals surface area (Å²) in [5, 5.41) is 0.930. The molecular weight excluding hydrogens is 698 g/mol. The highest BCUT2D eigenvalue weighted by Crippen LogP contribution is 2.33. The molecule has 7 rings (SSSR count). The van der Waals surface area contributed by atoms with Gasteiger partial charge in [0, 0.05) is 3.57 Å². The number of hydrogen-bond donors (Lipinski definition) is 0. The van der Waals surface area contributed by atoms with E-state index in [2.05, 4.69) is 108 Å². The van der Waals surface area contributed by atoms with Gasteiger partial charge in [-0.05, 0) is 98.5 Å². The number of rotatable bonds is 5. The van der Waals surface area contributed by atoms with Gasteiger partial charge in [-0.1, -0.05) is 140 Å². The van der Waals surface area contributed by atoms with Crippen LogP contribution < -0.4 is 14.7 Å². The summed E-state index contributed by atoms with van der Waals surface area (Å²) in [6.07, 6.45) is 1.06. The van der Waals surface area contributed by atoms with Gasteiger partial charge in [-0.2, -0.15) is 0 Å². The van der Waals surface area contributed by atoms with Gasteiger partial charge in [0.2, 0.25) is 0 Å². The molecule has 0 radical (unpaired) electrons. The van der Waals surface area contributed by atoms with Crippen LogP contribution in [0.2, 0.25) is 12.1 Å². The highest BCUT2D eigenvalue weighted by atomic mass is 127. The topological polar surface area (TPSA) is 18.5 Å². The van der Waals surface area contributed by atoms with Crippen LogP contribution in [0.15, 0.2) is 170 Å². The molecule has 5 heteroatoms. The van der Waals surface area contributed by atoms with E-state index in [0.717, 1.165) is 35.2 Å². The number of benzene rings is 6. The molecule has 2 nitrogen and oxygen atoms in total. The maximum atomic E-state index is 14.0. The minimum atomic E-state index is -2.46. The van der Waals surface area contributed by atoms with E-state index in [1.54, 1.807) is 14.2 Å². The third-order valence-electron chi connectivity index (χ3n) is 7.56. The first-order valence-corrected chi connectivity index (χ1v) is 18.7. The van der Waals surface area contributed by atoms with Crippen molar-refractivity contribution in [2.45, 2.75) is 18.5 Å². The molecule has 0 unspecified atom stereocenters. The molecular formula is C41H40FIO2Si. The Labute approximate surface area is 288 Å². The van der Waals surface area contributed by atoms with Crippen LogP contribution in [0.4, 0.5) is 4.11 Å². The van der Waals surface area contributed by atoms with Gasteiger partial charge in [-0.3, -0.25) is 0 Å². The fraction of sp³-hybridized carbons (Fsp3) is 0.122. The predicted octanol–water partition coefficient (Wildman–Crippen LogP) is 11.2. The van der Waals surface area contributed by atoms with Crippen LogP contribution in [0.5, 0.6) is 11.5 Å². The van der Waals surface area contributed by atoms with Crippen molar-refractivity contribution in [2.24, 2.45) is 0 Å². The average molecular weight is 739 g/mol. The largest absolute Gasteiger partial charge is 0.497 e. The zero-order valence-electron chi connectivity index (χ0n) is 26.4.